The molecule has 1 amide bonds. The van der Waals surface area contributed by atoms with E-state index in [1.165, 1.54) is 5.56 Å². The van der Waals surface area contributed by atoms with Crippen LogP contribution in [0.4, 0.5) is 4.79 Å². The maximum absolute atomic E-state index is 12.7. The van der Waals surface area contributed by atoms with Gasteiger partial charge < -0.3 is 14.7 Å². The maximum atomic E-state index is 12.7. The van der Waals surface area contributed by atoms with Crippen LogP contribution in [-0.4, -0.2) is 34.3 Å². The quantitative estimate of drug-likeness (QED) is 0.773. The molecule has 0 unspecified atom stereocenters. The van der Waals surface area contributed by atoms with Crippen LogP contribution in [0.3, 0.4) is 0 Å². The van der Waals surface area contributed by atoms with Gasteiger partial charge in [-0.05, 0) is 56.2 Å². The van der Waals surface area contributed by atoms with E-state index in [1.807, 2.05) is 31.7 Å². The average Bonchev–Trinajstić information content (AvgIpc) is 2.41. The zero-order valence-electron chi connectivity index (χ0n) is 15.6. The molecule has 0 aromatic heterocycles. The van der Waals surface area contributed by atoms with Crippen molar-refractivity contribution in [3.05, 3.63) is 29.3 Å². The second-order valence-electron chi connectivity index (χ2n) is 9.00. The predicted molar refractivity (Wildman–Crippen MR) is 94.3 cm³/mol. The predicted octanol–water partition coefficient (Wildman–Crippen LogP) is 4.24. The monoisotopic (exact) mass is 331 g/mol. The third-order valence-corrected chi connectivity index (χ3v) is 6.26. The summed E-state index contributed by atoms with van der Waals surface area (Å²) >= 11 is 0. The molecular formula is C20H29NO3. The summed E-state index contributed by atoms with van der Waals surface area (Å²) in [6.45, 7) is 13.1. The summed E-state index contributed by atoms with van der Waals surface area (Å²) in [6, 6.07) is 5.83. The number of phenols is 1. The fraction of sp³-hybridized carbons (Fsp3) is 0.650. The Kier molecular flexibility index (Phi) is 3.67. The Hall–Kier alpha value is -1.71. The number of phenolic OH excluding ortho intramolecular Hbond substituents is 1. The summed E-state index contributed by atoms with van der Waals surface area (Å²) in [5.74, 6) is 0.338. The lowest BCUT2D eigenvalue weighted by molar-refractivity contribution is -0.0524. The number of nitrogens with zero attached hydrogens (tertiary/aromatic N) is 1. The van der Waals surface area contributed by atoms with Crippen molar-refractivity contribution in [3.63, 3.8) is 0 Å². The molecule has 1 aromatic rings. The molecule has 3 rings (SSSR count). The first-order valence-electron chi connectivity index (χ1n) is 8.78. The Morgan fingerprint density at radius 1 is 1.29 bits per heavy atom. The van der Waals surface area contributed by atoms with Gasteiger partial charge in [0.05, 0.1) is 0 Å². The Bertz CT molecular complexity index is 674. The van der Waals surface area contributed by atoms with Gasteiger partial charge >= 0.3 is 6.09 Å². The molecule has 132 valence electrons. The minimum atomic E-state index is -0.503. The van der Waals surface area contributed by atoms with Crippen LogP contribution in [0, 0.1) is 5.41 Å². The van der Waals surface area contributed by atoms with E-state index in [2.05, 4.69) is 26.8 Å². The van der Waals surface area contributed by atoms with Crippen molar-refractivity contribution in [2.75, 3.05) is 6.54 Å². The highest BCUT2D eigenvalue weighted by Gasteiger charge is 2.57. The molecule has 1 N–H and O–H groups in total. The Balaban J connectivity index is 2.04. The molecule has 1 saturated heterocycles. The second kappa shape index (κ2) is 5.14. The number of hydrogen-bond donors (Lipinski definition) is 1. The number of carbonyl (C=O) groups excluding carboxylic acids is 1. The minimum Gasteiger partial charge on any atom is -0.508 e. The van der Waals surface area contributed by atoms with Crippen molar-refractivity contribution in [2.45, 2.75) is 71.4 Å². The lowest BCUT2D eigenvalue weighted by Crippen LogP contribution is -2.65. The number of fused-ring (bicyclic) bond motifs is 4. The van der Waals surface area contributed by atoms with Gasteiger partial charge in [0.15, 0.2) is 0 Å². The van der Waals surface area contributed by atoms with Gasteiger partial charge in [-0.3, -0.25) is 0 Å². The van der Waals surface area contributed by atoms with Crippen LogP contribution >= 0.6 is 0 Å². The third-order valence-electron chi connectivity index (χ3n) is 6.26. The van der Waals surface area contributed by atoms with E-state index in [4.69, 9.17) is 4.74 Å². The number of likely N-dealkylation sites (tertiary alicyclic amines) is 1. The second-order valence-corrected chi connectivity index (χ2v) is 9.00. The Morgan fingerprint density at radius 2 is 1.96 bits per heavy atom. The highest BCUT2D eigenvalue weighted by atomic mass is 16.6. The summed E-state index contributed by atoms with van der Waals surface area (Å²) in [7, 11) is 0. The highest BCUT2D eigenvalue weighted by molar-refractivity contribution is 5.70. The van der Waals surface area contributed by atoms with E-state index in [0.29, 0.717) is 18.7 Å². The van der Waals surface area contributed by atoms with Crippen molar-refractivity contribution in [1.29, 1.82) is 0 Å². The molecule has 0 saturated carbocycles. The maximum Gasteiger partial charge on any atom is 0.410 e. The molecule has 1 heterocycles. The minimum absolute atomic E-state index is 0.0203. The fourth-order valence-corrected chi connectivity index (χ4v) is 4.47. The normalized spacial score (nSPS) is 28.2. The highest BCUT2D eigenvalue weighted by Crippen LogP contribution is 2.57. The molecular weight excluding hydrogens is 302 g/mol. The molecule has 1 aromatic carbocycles. The van der Waals surface area contributed by atoms with Crippen LogP contribution in [0.5, 0.6) is 5.75 Å². The molecule has 1 aliphatic carbocycles. The van der Waals surface area contributed by atoms with Crippen molar-refractivity contribution in [1.82, 2.24) is 4.90 Å². The number of carbonyl (C=O) groups is 1. The number of aromatic hydroxyl groups is 1. The van der Waals surface area contributed by atoms with Gasteiger partial charge in [0.2, 0.25) is 0 Å². The van der Waals surface area contributed by atoms with Gasteiger partial charge in [-0.15, -0.1) is 0 Å². The number of ether oxygens (including phenoxy) is 1. The van der Waals surface area contributed by atoms with Gasteiger partial charge in [-0.2, -0.15) is 0 Å². The van der Waals surface area contributed by atoms with Crippen molar-refractivity contribution < 1.29 is 14.6 Å². The van der Waals surface area contributed by atoms with Crippen molar-refractivity contribution >= 4 is 6.09 Å². The van der Waals surface area contributed by atoms with E-state index in [1.54, 1.807) is 6.07 Å². The summed E-state index contributed by atoms with van der Waals surface area (Å²) in [6.07, 6.45) is 1.29. The SMILES string of the molecule is CC(C)(C)OC(=O)N1CC[C@@]2(C)c3cccc(O)c3C[C@@H]1C2(C)C. The number of amides is 1. The van der Waals surface area contributed by atoms with Crippen LogP contribution in [0.25, 0.3) is 0 Å². The topological polar surface area (TPSA) is 49.8 Å². The standard InChI is InChI=1S/C20H29NO3/c1-18(2,3)24-17(23)21-11-10-20(6)14-8-7-9-15(22)13(14)12-16(21)19(20,4)5/h7-9,16,22H,10-12H2,1-6H3/t16-,20+/m1/s1. The molecule has 4 nitrogen and oxygen atoms in total. The fourth-order valence-electron chi connectivity index (χ4n) is 4.47. The molecule has 2 atom stereocenters. The smallest absolute Gasteiger partial charge is 0.410 e. The largest absolute Gasteiger partial charge is 0.508 e. The van der Waals surface area contributed by atoms with Gasteiger partial charge in [0.25, 0.3) is 0 Å². The number of piperidine rings is 1. The Morgan fingerprint density at radius 3 is 2.58 bits per heavy atom. The first-order valence-corrected chi connectivity index (χ1v) is 8.78. The first-order chi connectivity index (χ1) is 11.0. The first kappa shape index (κ1) is 17.1. The Labute approximate surface area is 144 Å². The van der Waals surface area contributed by atoms with E-state index < -0.39 is 5.60 Å². The average molecular weight is 331 g/mol. The molecule has 4 heteroatoms. The van der Waals surface area contributed by atoms with Crippen LogP contribution in [0.1, 0.15) is 59.1 Å². The third kappa shape index (κ3) is 2.38. The summed E-state index contributed by atoms with van der Waals surface area (Å²) in [4.78, 5) is 14.6. The number of benzene rings is 1. The molecule has 1 aliphatic heterocycles. The van der Waals surface area contributed by atoms with Crippen molar-refractivity contribution in [3.8, 4) is 5.75 Å². The molecule has 0 spiro atoms. The number of rotatable bonds is 0. The zero-order chi connectivity index (χ0) is 17.9. The van der Waals surface area contributed by atoms with E-state index in [9.17, 15) is 9.90 Å². The molecule has 2 bridgehead atoms. The summed E-state index contributed by atoms with van der Waals surface area (Å²) < 4.78 is 5.64. The molecule has 0 radical (unpaired) electrons. The zero-order valence-corrected chi connectivity index (χ0v) is 15.6. The molecule has 2 aliphatic rings. The van der Waals surface area contributed by atoms with Crippen molar-refractivity contribution in [2.24, 2.45) is 5.41 Å². The van der Waals surface area contributed by atoms with Gasteiger partial charge in [0, 0.05) is 18.0 Å². The molecule has 24 heavy (non-hydrogen) atoms. The van der Waals surface area contributed by atoms with E-state index in [0.717, 1.165) is 12.0 Å². The van der Waals surface area contributed by atoms with Crippen LogP contribution in [0.2, 0.25) is 0 Å². The lowest BCUT2D eigenvalue weighted by Gasteiger charge is -2.60. The number of hydrogen-bond acceptors (Lipinski definition) is 3. The summed E-state index contributed by atoms with van der Waals surface area (Å²) in [5.41, 5.74) is 1.55. The van der Waals surface area contributed by atoms with E-state index >= 15 is 0 Å². The lowest BCUT2D eigenvalue weighted by atomic mass is 9.51. The van der Waals surface area contributed by atoms with Gasteiger partial charge in [0.1, 0.15) is 11.4 Å². The van der Waals surface area contributed by atoms with Gasteiger partial charge in [-0.1, -0.05) is 32.9 Å². The summed E-state index contributed by atoms with van der Waals surface area (Å²) in [5, 5.41) is 10.4. The molecule has 1 fully saturated rings. The van der Waals surface area contributed by atoms with Crippen LogP contribution in [0.15, 0.2) is 18.2 Å². The van der Waals surface area contributed by atoms with Gasteiger partial charge in [-0.25, -0.2) is 4.79 Å². The van der Waals surface area contributed by atoms with Crippen LogP contribution in [-0.2, 0) is 16.6 Å². The van der Waals surface area contributed by atoms with Crippen LogP contribution < -0.4 is 0 Å². The van der Waals surface area contributed by atoms with E-state index in [-0.39, 0.29) is 23.0 Å².